The Morgan fingerprint density at radius 2 is 1.45 bits per heavy atom. The number of hydrogen-bond donors (Lipinski definition) is 1. The van der Waals surface area contributed by atoms with Gasteiger partial charge in [-0.15, -0.1) is 30.1 Å². The van der Waals surface area contributed by atoms with Crippen molar-refractivity contribution in [3.05, 3.63) is 176 Å². The van der Waals surface area contributed by atoms with E-state index in [0.29, 0.717) is 0 Å². The van der Waals surface area contributed by atoms with Crippen LogP contribution in [0.5, 0.6) is 11.5 Å². The molecular weight excluding hydrogens is 725 g/mol. The first-order chi connectivity index (χ1) is 21.2. The maximum Gasteiger partial charge on any atom is 3.00 e. The second-order valence-corrected chi connectivity index (χ2v) is 10.1. The van der Waals surface area contributed by atoms with E-state index in [1.165, 1.54) is 5.56 Å². The third-order valence-corrected chi connectivity index (χ3v) is 7.41. The van der Waals surface area contributed by atoms with Crippen LogP contribution in [0.15, 0.2) is 140 Å². The van der Waals surface area contributed by atoms with E-state index in [1.54, 1.807) is 18.3 Å². The Labute approximate surface area is 270 Å². The van der Waals surface area contributed by atoms with Gasteiger partial charge in [0, 0.05) is 18.3 Å². The van der Waals surface area contributed by atoms with Gasteiger partial charge in [-0.3, -0.25) is 0 Å². The van der Waals surface area contributed by atoms with Crippen molar-refractivity contribution in [3.8, 4) is 11.5 Å². The maximum absolute atomic E-state index is 9.81. The molecule has 7 heteroatoms. The van der Waals surface area contributed by atoms with Crippen LogP contribution in [0.3, 0.4) is 0 Å². The standard InChI is InChI=1S/C22H15N2O.C15H12N2O.Ir/c1-2-10-21-16(7-1)17-13-15(19-8-3-5-11-23-19)14-18(22(17)25-21)20-9-4-6-12-24-20;18-15-9-5-4-8-14(15)17-11-10-16(12-17)13-6-2-1-3-7-13;/h1-13,17,22H;1-6,8-12,18H;/q-1;-2;+3. The molecule has 216 valence electrons. The molecule has 8 rings (SSSR count). The molecule has 0 spiro atoms. The summed E-state index contributed by atoms with van der Waals surface area (Å²) in [5.74, 6) is 1.34. The monoisotopic (exact) mass is 752 g/mol. The van der Waals surface area contributed by atoms with Gasteiger partial charge in [0.1, 0.15) is 17.6 Å². The number of pyridine rings is 2. The molecule has 0 radical (unpaired) electrons. The number of phenolic OH excluding ortho intramolecular Hbond substituents is 1. The van der Waals surface area contributed by atoms with Gasteiger partial charge in [0.25, 0.3) is 0 Å². The molecule has 2 aromatic heterocycles. The van der Waals surface area contributed by atoms with E-state index in [0.717, 1.165) is 39.7 Å². The van der Waals surface area contributed by atoms with E-state index in [-0.39, 0.29) is 37.9 Å². The van der Waals surface area contributed by atoms with Gasteiger partial charge < -0.3 is 29.6 Å². The van der Waals surface area contributed by atoms with Crippen molar-refractivity contribution in [3.63, 3.8) is 0 Å². The predicted molar refractivity (Wildman–Crippen MR) is 168 cm³/mol. The van der Waals surface area contributed by atoms with Gasteiger partial charge in [-0.25, -0.2) is 0 Å². The fourth-order valence-corrected chi connectivity index (χ4v) is 5.36. The molecule has 2 unspecified atom stereocenters. The van der Waals surface area contributed by atoms with Gasteiger partial charge in [0.15, 0.2) is 0 Å². The van der Waals surface area contributed by atoms with Crippen molar-refractivity contribution in [1.29, 1.82) is 0 Å². The minimum atomic E-state index is -0.0974. The van der Waals surface area contributed by atoms with E-state index in [9.17, 15) is 5.11 Å². The number of rotatable bonds is 4. The summed E-state index contributed by atoms with van der Waals surface area (Å²) in [5.41, 5.74) is 6.70. The third-order valence-electron chi connectivity index (χ3n) is 7.41. The molecule has 1 aliphatic carbocycles. The molecule has 2 atom stereocenters. The number of anilines is 2. The number of nitrogens with zero attached hydrogens (tertiary/aromatic N) is 4. The third kappa shape index (κ3) is 5.93. The molecule has 3 aliphatic rings. The van der Waals surface area contributed by atoms with Gasteiger partial charge in [0.05, 0.1) is 5.69 Å². The molecule has 0 amide bonds. The van der Waals surface area contributed by atoms with Crippen molar-refractivity contribution < 1.29 is 29.9 Å². The zero-order chi connectivity index (χ0) is 29.0. The van der Waals surface area contributed by atoms with Gasteiger partial charge >= 0.3 is 20.1 Å². The van der Waals surface area contributed by atoms with Crippen LogP contribution < -0.4 is 14.5 Å². The topological polar surface area (TPSA) is 61.7 Å². The number of para-hydroxylation sites is 4. The Morgan fingerprint density at radius 1 is 0.750 bits per heavy atom. The quantitative estimate of drug-likeness (QED) is 0.193. The zero-order valence-corrected chi connectivity index (χ0v) is 25.9. The number of benzene rings is 3. The molecule has 2 aliphatic heterocycles. The number of phenols is 1. The minimum Gasteiger partial charge on any atom is -0.506 e. The number of allylic oxidation sites excluding steroid dienone is 2. The second kappa shape index (κ2) is 13.1. The Bertz CT molecular complexity index is 1810. The molecule has 5 aromatic rings. The molecule has 1 N–H and O–H groups in total. The van der Waals surface area contributed by atoms with Crippen LogP contribution in [0.1, 0.15) is 22.9 Å². The normalized spacial score (nSPS) is 17.6. The summed E-state index contributed by atoms with van der Waals surface area (Å²) in [6, 6.07) is 38.2. The van der Waals surface area contributed by atoms with Crippen LogP contribution in [-0.4, -0.2) is 21.2 Å². The molecule has 0 saturated heterocycles. The van der Waals surface area contributed by atoms with E-state index in [2.05, 4.69) is 40.3 Å². The van der Waals surface area contributed by atoms with Crippen molar-refractivity contribution >= 4 is 22.5 Å². The number of fused-ring (bicyclic) bond motifs is 3. The molecule has 4 heterocycles. The summed E-state index contributed by atoms with van der Waals surface area (Å²) in [6.45, 7) is 1.90. The van der Waals surface area contributed by atoms with Gasteiger partial charge in [-0.1, -0.05) is 60.2 Å². The van der Waals surface area contributed by atoms with E-state index in [4.69, 9.17) is 4.74 Å². The van der Waals surface area contributed by atoms with E-state index >= 15 is 0 Å². The second-order valence-electron chi connectivity index (χ2n) is 10.1. The fourth-order valence-electron chi connectivity index (χ4n) is 5.36. The van der Waals surface area contributed by atoms with Gasteiger partial charge in [-0.05, 0) is 59.7 Å². The van der Waals surface area contributed by atoms with E-state index < -0.39 is 0 Å². The van der Waals surface area contributed by atoms with Crippen LogP contribution >= 0.6 is 0 Å². The Hall–Kier alpha value is -4.97. The Balaban J connectivity index is 0.000000161. The fraction of sp³-hybridized carbons (Fsp3) is 0.0541. The average Bonchev–Trinajstić information content (AvgIpc) is 3.72. The van der Waals surface area contributed by atoms with E-state index in [1.807, 2.05) is 120 Å². The summed E-state index contributed by atoms with van der Waals surface area (Å²) >= 11 is 0. The Kier molecular flexibility index (Phi) is 8.69. The zero-order valence-electron chi connectivity index (χ0n) is 23.5. The molecule has 6 nitrogen and oxygen atoms in total. The Morgan fingerprint density at radius 3 is 2.20 bits per heavy atom. The predicted octanol–water partition coefficient (Wildman–Crippen LogP) is 7.41. The SMILES string of the molecule is Oc1ccccc1N1C=CN(c2[c-]cccc2)[CH-]1.[C-]1=C(c2ccccn2)C2Oc3ccccc3C2C=C1c1ccccn1.[Ir+3]. The number of hydrogen-bond acceptors (Lipinski definition) is 6. The summed E-state index contributed by atoms with van der Waals surface area (Å²) in [7, 11) is 0. The average molecular weight is 752 g/mol. The van der Waals surface area contributed by atoms with Gasteiger partial charge in [-0.2, -0.15) is 30.3 Å². The summed E-state index contributed by atoms with van der Waals surface area (Å²) in [6.07, 6.45) is 13.1. The number of aromatic nitrogens is 2. The first-order valence-electron chi connectivity index (χ1n) is 14.0. The van der Waals surface area contributed by atoms with Crippen molar-refractivity contribution in [2.45, 2.75) is 12.0 Å². The summed E-state index contributed by atoms with van der Waals surface area (Å²) in [4.78, 5) is 12.8. The molecular formula is C37H27IrN4O2. The molecule has 0 bridgehead atoms. The van der Waals surface area contributed by atoms with Crippen LogP contribution in [0.25, 0.3) is 11.1 Å². The smallest absolute Gasteiger partial charge is 0.506 e. The summed E-state index contributed by atoms with van der Waals surface area (Å²) in [5, 5.41) is 9.81. The van der Waals surface area contributed by atoms with Crippen LogP contribution in [0.4, 0.5) is 11.4 Å². The largest absolute Gasteiger partial charge is 3.00 e. The molecule has 0 fully saturated rings. The van der Waals surface area contributed by atoms with Crippen LogP contribution in [0.2, 0.25) is 0 Å². The van der Waals surface area contributed by atoms with Crippen molar-refractivity contribution in [1.82, 2.24) is 9.97 Å². The molecule has 44 heavy (non-hydrogen) atoms. The first kappa shape index (κ1) is 29.1. The van der Waals surface area contributed by atoms with Crippen molar-refractivity contribution in [2.75, 3.05) is 9.80 Å². The van der Waals surface area contributed by atoms with Crippen LogP contribution in [-0.2, 0) is 20.1 Å². The van der Waals surface area contributed by atoms with Crippen molar-refractivity contribution in [2.24, 2.45) is 0 Å². The molecule has 0 saturated carbocycles. The first-order valence-corrected chi connectivity index (χ1v) is 14.0. The summed E-state index contributed by atoms with van der Waals surface area (Å²) < 4.78 is 6.26. The van der Waals surface area contributed by atoms with Crippen LogP contribution in [0, 0.1) is 18.8 Å². The molecule has 3 aromatic carbocycles. The number of aromatic hydroxyl groups is 1. The minimum absolute atomic E-state index is 0. The van der Waals surface area contributed by atoms with Gasteiger partial charge in [0.2, 0.25) is 0 Å². The number of ether oxygens (including phenoxy) is 1. The maximum atomic E-state index is 9.81.